The summed E-state index contributed by atoms with van der Waals surface area (Å²) in [5.74, 6) is -0.616. The Kier molecular flexibility index (Phi) is 3.06. The van der Waals surface area contributed by atoms with Crippen molar-refractivity contribution in [1.82, 2.24) is 4.90 Å². The van der Waals surface area contributed by atoms with Gasteiger partial charge in [0.15, 0.2) is 0 Å². The van der Waals surface area contributed by atoms with E-state index in [1.165, 1.54) is 11.0 Å². The van der Waals surface area contributed by atoms with E-state index >= 15 is 0 Å². The zero-order valence-electron chi connectivity index (χ0n) is 11.0. The van der Waals surface area contributed by atoms with Gasteiger partial charge in [-0.05, 0) is 23.3 Å². The number of hydrogen-bond acceptors (Lipinski definition) is 4. The predicted molar refractivity (Wildman–Crippen MR) is 74.8 cm³/mol. The first-order chi connectivity index (χ1) is 10.1. The van der Waals surface area contributed by atoms with Gasteiger partial charge in [0.05, 0.1) is 4.92 Å². The summed E-state index contributed by atoms with van der Waals surface area (Å²) in [5.41, 5.74) is 1.68. The number of hydrogen-bond donors (Lipinski definition) is 1. The van der Waals surface area contributed by atoms with Crippen LogP contribution in [0.4, 0.5) is 5.69 Å². The highest BCUT2D eigenvalue weighted by molar-refractivity contribution is 5.98. The maximum Gasteiger partial charge on any atom is 0.282 e. The fraction of sp³-hybridized carbons (Fsp3) is 0.133. The largest absolute Gasteiger partial charge is 0.508 e. The molecule has 0 spiro atoms. The topological polar surface area (TPSA) is 83.7 Å². The molecule has 21 heavy (non-hydrogen) atoms. The van der Waals surface area contributed by atoms with E-state index in [1.807, 2.05) is 24.3 Å². The molecule has 106 valence electrons. The lowest BCUT2D eigenvalue weighted by Crippen LogP contribution is -2.26. The van der Waals surface area contributed by atoms with Crippen molar-refractivity contribution in [3.63, 3.8) is 0 Å². The Hall–Kier alpha value is -2.89. The Labute approximate surface area is 120 Å². The third-order valence-corrected chi connectivity index (χ3v) is 3.54. The predicted octanol–water partition coefficient (Wildman–Crippen LogP) is 2.46. The van der Waals surface area contributed by atoms with Crippen molar-refractivity contribution in [3.8, 4) is 5.75 Å². The summed E-state index contributed by atoms with van der Waals surface area (Å²) in [6.07, 6.45) is 0. The van der Waals surface area contributed by atoms with Gasteiger partial charge in [0.2, 0.25) is 0 Å². The van der Waals surface area contributed by atoms with E-state index in [0.717, 1.165) is 23.3 Å². The lowest BCUT2D eigenvalue weighted by molar-refractivity contribution is -0.385. The number of aromatic hydroxyl groups is 1. The number of nitro groups is 1. The van der Waals surface area contributed by atoms with E-state index in [-0.39, 0.29) is 17.0 Å². The van der Waals surface area contributed by atoms with Gasteiger partial charge in [-0.1, -0.05) is 24.3 Å². The quantitative estimate of drug-likeness (QED) is 0.678. The summed E-state index contributed by atoms with van der Waals surface area (Å²) < 4.78 is 0. The van der Waals surface area contributed by atoms with Gasteiger partial charge in [-0.3, -0.25) is 14.9 Å². The number of benzene rings is 2. The highest BCUT2D eigenvalue weighted by Gasteiger charge is 2.29. The van der Waals surface area contributed by atoms with Crippen LogP contribution in [0.1, 0.15) is 21.5 Å². The van der Waals surface area contributed by atoms with Crippen LogP contribution in [-0.2, 0) is 13.1 Å². The number of nitro benzene ring substituents is 1. The Balaban J connectivity index is 1.94. The molecule has 0 aliphatic carbocycles. The van der Waals surface area contributed by atoms with Crippen LogP contribution >= 0.6 is 0 Å². The molecule has 6 heteroatoms. The van der Waals surface area contributed by atoms with Crippen LogP contribution in [0, 0.1) is 10.1 Å². The monoisotopic (exact) mass is 284 g/mol. The van der Waals surface area contributed by atoms with Gasteiger partial charge in [-0.2, -0.15) is 0 Å². The summed E-state index contributed by atoms with van der Waals surface area (Å²) in [6.45, 7) is 0.837. The number of fused-ring (bicyclic) bond motifs is 1. The summed E-state index contributed by atoms with van der Waals surface area (Å²) in [4.78, 5) is 24.4. The molecule has 6 nitrogen and oxygen atoms in total. The number of carbonyl (C=O) groups excluding carboxylic acids is 1. The van der Waals surface area contributed by atoms with E-state index in [2.05, 4.69) is 0 Å². The Bertz CT molecular complexity index is 717. The molecule has 0 bridgehead atoms. The maximum atomic E-state index is 12.5. The highest BCUT2D eigenvalue weighted by atomic mass is 16.6. The Morgan fingerprint density at radius 3 is 2.33 bits per heavy atom. The summed E-state index contributed by atoms with van der Waals surface area (Å²) in [7, 11) is 0. The molecule has 2 aromatic rings. The number of nitrogens with zero attached hydrogens (tertiary/aromatic N) is 2. The molecule has 0 aromatic heterocycles. The standard InChI is InChI=1S/C15H12N2O4/c18-12-5-6-14(17(20)21)13(7-12)15(19)16-8-10-3-1-2-4-11(10)9-16/h1-7,18H,8-9H2. The molecule has 1 N–H and O–H groups in total. The second-order valence-electron chi connectivity index (χ2n) is 4.89. The van der Waals surface area contributed by atoms with Crippen molar-refractivity contribution in [2.45, 2.75) is 13.1 Å². The number of phenols is 1. The molecule has 0 radical (unpaired) electrons. The lowest BCUT2D eigenvalue weighted by Gasteiger charge is -2.15. The zero-order valence-corrected chi connectivity index (χ0v) is 11.0. The van der Waals surface area contributed by atoms with Crippen molar-refractivity contribution < 1.29 is 14.8 Å². The van der Waals surface area contributed by atoms with Gasteiger partial charge in [0.1, 0.15) is 11.3 Å². The van der Waals surface area contributed by atoms with Crippen molar-refractivity contribution >= 4 is 11.6 Å². The molecule has 0 saturated heterocycles. The fourth-order valence-corrected chi connectivity index (χ4v) is 2.50. The molecule has 0 fully saturated rings. The van der Waals surface area contributed by atoms with E-state index < -0.39 is 10.8 Å². The lowest BCUT2D eigenvalue weighted by atomic mass is 10.1. The molecular formula is C15H12N2O4. The van der Waals surface area contributed by atoms with Crippen molar-refractivity contribution in [3.05, 3.63) is 69.3 Å². The molecule has 0 atom stereocenters. The van der Waals surface area contributed by atoms with Crippen LogP contribution in [-0.4, -0.2) is 20.8 Å². The Morgan fingerprint density at radius 1 is 1.14 bits per heavy atom. The van der Waals surface area contributed by atoms with Gasteiger partial charge in [0, 0.05) is 19.2 Å². The maximum absolute atomic E-state index is 12.5. The van der Waals surface area contributed by atoms with Crippen molar-refractivity contribution in [2.75, 3.05) is 0 Å². The molecule has 1 aliphatic heterocycles. The van der Waals surface area contributed by atoms with Gasteiger partial charge < -0.3 is 10.0 Å². The van der Waals surface area contributed by atoms with Crippen LogP contribution in [0.25, 0.3) is 0 Å². The van der Waals surface area contributed by atoms with Crippen LogP contribution in [0.15, 0.2) is 42.5 Å². The first kappa shape index (κ1) is 13.1. The summed E-state index contributed by atoms with van der Waals surface area (Å²) in [6, 6.07) is 11.1. The van der Waals surface area contributed by atoms with Gasteiger partial charge >= 0.3 is 0 Å². The fourth-order valence-electron chi connectivity index (χ4n) is 2.50. The van der Waals surface area contributed by atoms with E-state index in [1.54, 1.807) is 0 Å². The smallest absolute Gasteiger partial charge is 0.282 e. The minimum atomic E-state index is -0.615. The number of amides is 1. The molecule has 1 amide bonds. The molecule has 3 rings (SSSR count). The van der Waals surface area contributed by atoms with E-state index in [9.17, 15) is 20.0 Å². The first-order valence-electron chi connectivity index (χ1n) is 6.40. The van der Waals surface area contributed by atoms with Crippen LogP contribution < -0.4 is 0 Å². The van der Waals surface area contributed by atoms with E-state index in [0.29, 0.717) is 13.1 Å². The summed E-state index contributed by atoms with van der Waals surface area (Å²) in [5, 5.41) is 20.5. The molecule has 0 saturated carbocycles. The third-order valence-electron chi connectivity index (χ3n) is 3.54. The van der Waals surface area contributed by atoms with Crippen molar-refractivity contribution in [1.29, 1.82) is 0 Å². The van der Waals surface area contributed by atoms with Gasteiger partial charge in [0.25, 0.3) is 11.6 Å². The molecular weight excluding hydrogens is 272 g/mol. The van der Waals surface area contributed by atoms with Crippen LogP contribution in [0.3, 0.4) is 0 Å². The molecule has 0 unspecified atom stereocenters. The minimum absolute atomic E-state index is 0.0900. The number of rotatable bonds is 2. The SMILES string of the molecule is O=C(c1cc(O)ccc1[N+](=O)[O-])N1Cc2ccccc2C1. The average Bonchev–Trinajstić information content (AvgIpc) is 2.89. The second kappa shape index (κ2) is 4.90. The number of phenolic OH excluding ortho intramolecular Hbond substituents is 1. The van der Waals surface area contributed by atoms with E-state index in [4.69, 9.17) is 0 Å². The average molecular weight is 284 g/mol. The van der Waals surface area contributed by atoms with Gasteiger partial charge in [-0.15, -0.1) is 0 Å². The number of carbonyl (C=O) groups is 1. The molecule has 2 aromatic carbocycles. The molecule has 1 aliphatic rings. The van der Waals surface area contributed by atoms with Crippen molar-refractivity contribution in [2.24, 2.45) is 0 Å². The first-order valence-corrected chi connectivity index (χ1v) is 6.40. The van der Waals surface area contributed by atoms with Crippen LogP contribution in [0.2, 0.25) is 0 Å². The minimum Gasteiger partial charge on any atom is -0.508 e. The summed E-state index contributed by atoms with van der Waals surface area (Å²) >= 11 is 0. The van der Waals surface area contributed by atoms with Gasteiger partial charge in [-0.25, -0.2) is 0 Å². The zero-order chi connectivity index (χ0) is 15.0. The highest BCUT2D eigenvalue weighted by Crippen LogP contribution is 2.29. The Morgan fingerprint density at radius 2 is 1.76 bits per heavy atom. The van der Waals surface area contributed by atoms with Crippen LogP contribution in [0.5, 0.6) is 5.75 Å². The normalized spacial score (nSPS) is 13.0. The second-order valence-corrected chi connectivity index (χ2v) is 4.89. The third kappa shape index (κ3) is 2.31. The molecule has 1 heterocycles.